The van der Waals surface area contributed by atoms with Crippen LogP contribution in [0.25, 0.3) is 0 Å². The predicted molar refractivity (Wildman–Crippen MR) is 40.6 cm³/mol. The zero-order chi connectivity index (χ0) is 13.0. The highest BCUT2D eigenvalue weighted by atomic mass is 19.4. The molecule has 0 radical (unpaired) electrons. The number of ketones is 2. The van der Waals surface area contributed by atoms with Crippen molar-refractivity contribution >= 4 is 11.6 Å². The Bertz CT molecular complexity index is 265. The van der Waals surface area contributed by atoms with Gasteiger partial charge in [0.1, 0.15) is 5.78 Å². The van der Waals surface area contributed by atoms with Crippen LogP contribution in [0.5, 0.6) is 0 Å². The molecule has 0 aromatic carbocycles. The minimum atomic E-state index is -5.11. The summed E-state index contributed by atoms with van der Waals surface area (Å²) in [5, 5.41) is 0. The second-order valence-corrected chi connectivity index (χ2v) is 3.11. The molecule has 0 rings (SSSR count). The first-order valence-electron chi connectivity index (χ1n) is 4.21. The first-order chi connectivity index (χ1) is 7.02. The number of rotatable bonds is 5. The highest BCUT2D eigenvalue weighted by Crippen LogP contribution is 2.23. The van der Waals surface area contributed by atoms with Crippen LogP contribution >= 0.6 is 0 Å². The number of halogens is 6. The van der Waals surface area contributed by atoms with E-state index in [-0.39, 0.29) is 0 Å². The molecule has 8 heteroatoms. The van der Waals surface area contributed by atoms with Crippen molar-refractivity contribution in [2.45, 2.75) is 38.0 Å². The molecule has 94 valence electrons. The number of alkyl halides is 6. The lowest BCUT2D eigenvalue weighted by Gasteiger charge is -2.06. The average molecular weight is 250 g/mol. The SMILES string of the molecule is O=C(CCCC(F)(F)F)CC(=O)C(F)(F)F. The molecule has 2 nitrogen and oxygen atoms in total. The van der Waals surface area contributed by atoms with Crippen molar-refractivity contribution in [2.75, 3.05) is 0 Å². The van der Waals surface area contributed by atoms with E-state index in [4.69, 9.17) is 0 Å². The maximum atomic E-state index is 11.6. The van der Waals surface area contributed by atoms with E-state index in [0.29, 0.717) is 0 Å². The van der Waals surface area contributed by atoms with Crippen LogP contribution in [-0.4, -0.2) is 23.9 Å². The maximum absolute atomic E-state index is 11.6. The van der Waals surface area contributed by atoms with E-state index in [1.54, 1.807) is 0 Å². The van der Waals surface area contributed by atoms with Gasteiger partial charge in [-0.2, -0.15) is 26.3 Å². The van der Waals surface area contributed by atoms with Crippen molar-refractivity contribution in [2.24, 2.45) is 0 Å². The van der Waals surface area contributed by atoms with Gasteiger partial charge in [-0.15, -0.1) is 0 Å². The van der Waals surface area contributed by atoms with Crippen molar-refractivity contribution in [3.05, 3.63) is 0 Å². The number of carbonyl (C=O) groups is 2. The van der Waals surface area contributed by atoms with Crippen LogP contribution in [0, 0.1) is 0 Å². The highest BCUT2D eigenvalue weighted by Gasteiger charge is 2.39. The molecular weight excluding hydrogens is 242 g/mol. The van der Waals surface area contributed by atoms with Gasteiger partial charge in [-0.05, 0) is 6.42 Å². The molecule has 0 aliphatic rings. The minimum absolute atomic E-state index is 0.604. The molecule has 0 aliphatic heterocycles. The molecule has 0 aromatic heterocycles. The summed E-state index contributed by atoms with van der Waals surface area (Å²) in [7, 11) is 0. The molecule has 0 amide bonds. The third-order valence-corrected chi connectivity index (χ3v) is 1.59. The fraction of sp³-hybridized carbons (Fsp3) is 0.750. The lowest BCUT2D eigenvalue weighted by atomic mass is 10.1. The van der Waals surface area contributed by atoms with E-state index in [9.17, 15) is 35.9 Å². The molecule has 0 bridgehead atoms. The maximum Gasteiger partial charge on any atom is 0.450 e. The molecular formula is C8H8F6O2. The van der Waals surface area contributed by atoms with Crippen molar-refractivity contribution < 1.29 is 35.9 Å². The molecule has 0 saturated carbocycles. The second kappa shape index (κ2) is 5.31. The van der Waals surface area contributed by atoms with Crippen LogP contribution in [0.3, 0.4) is 0 Å². The lowest BCUT2D eigenvalue weighted by molar-refractivity contribution is -0.171. The Morgan fingerprint density at radius 3 is 1.81 bits per heavy atom. The van der Waals surface area contributed by atoms with E-state index < -0.39 is 49.6 Å². The van der Waals surface area contributed by atoms with E-state index in [1.165, 1.54) is 0 Å². The van der Waals surface area contributed by atoms with Crippen molar-refractivity contribution in [3.8, 4) is 0 Å². The summed E-state index contributed by atoms with van der Waals surface area (Å²) < 4.78 is 69.7. The zero-order valence-corrected chi connectivity index (χ0v) is 7.91. The van der Waals surface area contributed by atoms with Gasteiger partial charge in [0.25, 0.3) is 0 Å². The van der Waals surface area contributed by atoms with Gasteiger partial charge in [0.15, 0.2) is 0 Å². The van der Waals surface area contributed by atoms with Crippen LogP contribution in [0.4, 0.5) is 26.3 Å². The number of carbonyl (C=O) groups excluding carboxylic acids is 2. The third kappa shape index (κ3) is 7.24. The Morgan fingerprint density at radius 1 is 0.938 bits per heavy atom. The first kappa shape index (κ1) is 14.9. The topological polar surface area (TPSA) is 34.1 Å². The second-order valence-electron chi connectivity index (χ2n) is 3.11. The molecule has 0 N–H and O–H groups in total. The smallest absolute Gasteiger partial charge is 0.299 e. The van der Waals surface area contributed by atoms with Crippen LogP contribution in [0.2, 0.25) is 0 Å². The average Bonchev–Trinajstić information content (AvgIpc) is 1.99. The fourth-order valence-electron chi connectivity index (χ4n) is 0.854. The molecule has 16 heavy (non-hydrogen) atoms. The summed E-state index contributed by atoms with van der Waals surface area (Å²) in [4.78, 5) is 21.0. The highest BCUT2D eigenvalue weighted by molar-refractivity contribution is 6.01. The number of hydrogen-bond donors (Lipinski definition) is 0. The van der Waals surface area contributed by atoms with E-state index >= 15 is 0 Å². The quantitative estimate of drug-likeness (QED) is 0.555. The minimum Gasteiger partial charge on any atom is -0.299 e. The monoisotopic (exact) mass is 250 g/mol. The van der Waals surface area contributed by atoms with Crippen LogP contribution in [0.15, 0.2) is 0 Å². The predicted octanol–water partition coefficient (Wildman–Crippen LogP) is 2.81. The van der Waals surface area contributed by atoms with Gasteiger partial charge in [0.05, 0.1) is 6.42 Å². The van der Waals surface area contributed by atoms with Crippen LogP contribution < -0.4 is 0 Å². The molecule has 0 spiro atoms. The van der Waals surface area contributed by atoms with Gasteiger partial charge < -0.3 is 0 Å². The molecule has 0 heterocycles. The van der Waals surface area contributed by atoms with Gasteiger partial charge in [-0.25, -0.2) is 0 Å². The van der Waals surface area contributed by atoms with Crippen molar-refractivity contribution in [1.29, 1.82) is 0 Å². The molecule has 0 unspecified atom stereocenters. The zero-order valence-electron chi connectivity index (χ0n) is 7.91. The fourth-order valence-corrected chi connectivity index (χ4v) is 0.854. The first-order valence-corrected chi connectivity index (χ1v) is 4.21. The molecule has 0 atom stereocenters. The Balaban J connectivity index is 3.89. The normalized spacial score (nSPS) is 12.6. The molecule has 0 aliphatic carbocycles. The summed E-state index contributed by atoms with van der Waals surface area (Å²) in [5.74, 6) is -3.36. The van der Waals surface area contributed by atoms with Gasteiger partial charge >= 0.3 is 12.4 Å². The standard InChI is InChI=1S/C8H8F6O2/c9-7(10,11)3-1-2-5(15)4-6(16)8(12,13)14/h1-4H2. The lowest BCUT2D eigenvalue weighted by Crippen LogP contribution is -2.25. The molecule has 0 saturated heterocycles. The Kier molecular flexibility index (Phi) is 4.95. The molecule has 0 fully saturated rings. The van der Waals surface area contributed by atoms with Crippen LogP contribution in [0.1, 0.15) is 25.7 Å². The Morgan fingerprint density at radius 2 is 1.44 bits per heavy atom. The van der Waals surface area contributed by atoms with Crippen molar-refractivity contribution in [3.63, 3.8) is 0 Å². The summed E-state index contributed by atoms with van der Waals surface area (Å²) >= 11 is 0. The molecule has 0 aromatic rings. The summed E-state index contributed by atoms with van der Waals surface area (Å²) in [6.45, 7) is 0. The van der Waals surface area contributed by atoms with Gasteiger partial charge in [-0.1, -0.05) is 0 Å². The number of Topliss-reactive ketones (excluding diaryl/α,β-unsaturated/α-hetero) is 2. The van der Waals surface area contributed by atoms with E-state index in [1.807, 2.05) is 0 Å². The van der Waals surface area contributed by atoms with Crippen LogP contribution in [-0.2, 0) is 9.59 Å². The summed E-state index contributed by atoms with van der Waals surface area (Å²) in [6, 6.07) is 0. The summed E-state index contributed by atoms with van der Waals surface area (Å²) in [6.07, 6.45) is -13.5. The number of hydrogen-bond acceptors (Lipinski definition) is 2. The van der Waals surface area contributed by atoms with Crippen molar-refractivity contribution in [1.82, 2.24) is 0 Å². The largest absolute Gasteiger partial charge is 0.450 e. The summed E-state index contributed by atoms with van der Waals surface area (Å²) in [5.41, 5.74) is 0. The van der Waals surface area contributed by atoms with E-state index in [0.717, 1.165) is 0 Å². The van der Waals surface area contributed by atoms with E-state index in [2.05, 4.69) is 0 Å². The third-order valence-electron chi connectivity index (χ3n) is 1.59. The van der Waals surface area contributed by atoms with Gasteiger partial charge in [0.2, 0.25) is 5.78 Å². The van der Waals surface area contributed by atoms with Gasteiger partial charge in [0, 0.05) is 12.8 Å². The Labute approximate surface area is 86.6 Å². The van der Waals surface area contributed by atoms with Gasteiger partial charge in [-0.3, -0.25) is 9.59 Å². The Hall–Kier alpha value is -1.08.